The summed E-state index contributed by atoms with van der Waals surface area (Å²) in [5.41, 5.74) is 2.42. The van der Waals surface area contributed by atoms with Gasteiger partial charge in [-0.15, -0.1) is 0 Å². The van der Waals surface area contributed by atoms with Gasteiger partial charge < -0.3 is 9.84 Å². The molecule has 1 aliphatic heterocycles. The Bertz CT molecular complexity index is 536. The molecule has 0 aromatic heterocycles. The molecular weight excluding hydrogens is 272 g/mol. The summed E-state index contributed by atoms with van der Waals surface area (Å²) in [5.74, 6) is 0. The number of rotatable bonds is 5. The highest BCUT2D eigenvalue weighted by molar-refractivity contribution is 5.35. The molecule has 2 nitrogen and oxygen atoms in total. The summed E-state index contributed by atoms with van der Waals surface area (Å²) < 4.78 is 6.22. The number of epoxide rings is 1. The van der Waals surface area contributed by atoms with Gasteiger partial charge in [0, 0.05) is 5.41 Å². The Labute approximate surface area is 135 Å². The summed E-state index contributed by atoms with van der Waals surface area (Å²) in [7, 11) is 0. The van der Waals surface area contributed by atoms with Gasteiger partial charge in [0.05, 0.1) is 12.2 Å². The Morgan fingerprint density at radius 2 is 1.82 bits per heavy atom. The van der Waals surface area contributed by atoms with Crippen molar-refractivity contribution >= 4 is 0 Å². The second-order valence-corrected chi connectivity index (χ2v) is 7.54. The van der Waals surface area contributed by atoms with Crippen molar-refractivity contribution in [1.29, 1.82) is 0 Å². The standard InChI is InChI=1S/C20H30O2/c1-16(8-6-9-17(2)11-15-21)10-14-20-18(3,4)12-7-13-19(20,5)22-20/h6,8-11,14,21H,7,12-13,15H2,1-5H3/b9-6+,14-10+,16-8+,17-11+/t19-,20+/m0/s1. The van der Waals surface area contributed by atoms with Gasteiger partial charge in [-0.1, -0.05) is 55.4 Å². The fourth-order valence-electron chi connectivity index (χ4n) is 3.78. The molecule has 2 atom stereocenters. The minimum atomic E-state index is -0.0935. The second-order valence-electron chi connectivity index (χ2n) is 7.54. The summed E-state index contributed by atoms with van der Waals surface area (Å²) in [5, 5.41) is 8.83. The van der Waals surface area contributed by atoms with Gasteiger partial charge in [-0.2, -0.15) is 0 Å². The van der Waals surface area contributed by atoms with E-state index in [1.165, 1.54) is 18.4 Å². The van der Waals surface area contributed by atoms with Gasteiger partial charge in [-0.05, 0) is 46.1 Å². The van der Waals surface area contributed by atoms with Gasteiger partial charge in [0.1, 0.15) is 5.60 Å². The number of fused-ring (bicyclic) bond motifs is 1. The molecule has 0 amide bonds. The zero-order valence-corrected chi connectivity index (χ0v) is 14.6. The smallest absolute Gasteiger partial charge is 0.121 e. The van der Waals surface area contributed by atoms with Crippen molar-refractivity contribution in [2.75, 3.05) is 6.61 Å². The number of allylic oxidation sites excluding steroid dienone is 6. The number of hydrogen-bond acceptors (Lipinski definition) is 2. The van der Waals surface area contributed by atoms with Crippen LogP contribution >= 0.6 is 0 Å². The maximum atomic E-state index is 8.83. The summed E-state index contributed by atoms with van der Waals surface area (Å²) in [6.45, 7) is 11.1. The van der Waals surface area contributed by atoms with E-state index < -0.39 is 0 Å². The van der Waals surface area contributed by atoms with Crippen LogP contribution in [0.3, 0.4) is 0 Å². The van der Waals surface area contributed by atoms with Gasteiger partial charge in [-0.25, -0.2) is 0 Å². The molecule has 0 aromatic carbocycles. The topological polar surface area (TPSA) is 32.8 Å². The summed E-state index contributed by atoms with van der Waals surface area (Å²) >= 11 is 0. The van der Waals surface area contributed by atoms with Crippen molar-refractivity contribution in [1.82, 2.24) is 0 Å². The largest absolute Gasteiger partial charge is 0.392 e. The van der Waals surface area contributed by atoms with Crippen molar-refractivity contribution in [2.24, 2.45) is 5.41 Å². The maximum Gasteiger partial charge on any atom is 0.121 e. The minimum absolute atomic E-state index is 0.0296. The lowest BCUT2D eigenvalue weighted by Gasteiger charge is -2.36. The van der Waals surface area contributed by atoms with E-state index in [-0.39, 0.29) is 23.2 Å². The van der Waals surface area contributed by atoms with E-state index in [9.17, 15) is 0 Å². The molecule has 0 spiro atoms. The SMILES string of the molecule is CC(/C=C/[C@]12O[C@@]1(C)CCCC2(C)C)=C\C=C\C(C)=C\CO. The van der Waals surface area contributed by atoms with Crippen molar-refractivity contribution in [3.05, 3.63) is 47.6 Å². The van der Waals surface area contributed by atoms with Crippen LogP contribution in [0.5, 0.6) is 0 Å². The van der Waals surface area contributed by atoms with Crippen molar-refractivity contribution < 1.29 is 9.84 Å². The monoisotopic (exact) mass is 302 g/mol. The molecule has 2 rings (SSSR count). The first-order valence-corrected chi connectivity index (χ1v) is 8.28. The van der Waals surface area contributed by atoms with Gasteiger partial charge in [0.2, 0.25) is 0 Å². The summed E-state index contributed by atoms with van der Waals surface area (Å²) in [6, 6.07) is 0. The van der Waals surface area contributed by atoms with Crippen LogP contribution in [0.2, 0.25) is 0 Å². The highest BCUT2D eigenvalue weighted by Crippen LogP contribution is 2.66. The molecule has 1 saturated heterocycles. The first kappa shape index (κ1) is 17.2. The van der Waals surface area contributed by atoms with Crippen LogP contribution in [0, 0.1) is 5.41 Å². The van der Waals surface area contributed by atoms with E-state index in [4.69, 9.17) is 9.84 Å². The molecule has 1 saturated carbocycles. The third-order valence-corrected chi connectivity index (χ3v) is 5.30. The summed E-state index contributed by atoms with van der Waals surface area (Å²) in [6.07, 6.45) is 16.0. The second kappa shape index (κ2) is 6.17. The lowest BCUT2D eigenvalue weighted by molar-refractivity contribution is 0.166. The maximum absolute atomic E-state index is 8.83. The molecular formula is C20H30O2. The molecule has 1 heterocycles. The Morgan fingerprint density at radius 1 is 1.09 bits per heavy atom. The van der Waals surface area contributed by atoms with E-state index in [1.54, 1.807) is 6.08 Å². The predicted octanol–water partition coefficient (Wildman–Crippen LogP) is 4.72. The molecule has 22 heavy (non-hydrogen) atoms. The molecule has 0 bridgehead atoms. The lowest BCUT2D eigenvalue weighted by atomic mass is 9.64. The Balaban J connectivity index is 2.07. The summed E-state index contributed by atoms with van der Waals surface area (Å²) in [4.78, 5) is 0. The average Bonchev–Trinajstić information content (AvgIpc) is 3.05. The lowest BCUT2D eigenvalue weighted by Crippen LogP contribution is -2.41. The molecule has 2 heteroatoms. The zero-order chi connectivity index (χ0) is 16.4. The van der Waals surface area contributed by atoms with Crippen molar-refractivity contribution in [2.45, 2.75) is 65.1 Å². The van der Waals surface area contributed by atoms with E-state index >= 15 is 0 Å². The Hall–Kier alpha value is -1.12. The highest BCUT2D eigenvalue weighted by Gasteiger charge is 2.73. The van der Waals surface area contributed by atoms with Gasteiger partial charge >= 0.3 is 0 Å². The molecule has 2 fully saturated rings. The van der Waals surface area contributed by atoms with E-state index in [0.717, 1.165) is 12.0 Å². The van der Waals surface area contributed by atoms with Gasteiger partial charge in [0.25, 0.3) is 0 Å². The first-order valence-electron chi connectivity index (χ1n) is 8.28. The molecule has 0 aromatic rings. The first-order chi connectivity index (χ1) is 10.3. The van der Waals surface area contributed by atoms with Crippen LogP contribution in [-0.4, -0.2) is 22.9 Å². The predicted molar refractivity (Wildman–Crippen MR) is 92.7 cm³/mol. The van der Waals surface area contributed by atoms with E-state index in [0.29, 0.717) is 0 Å². The molecule has 122 valence electrons. The number of aliphatic hydroxyl groups is 1. The van der Waals surface area contributed by atoms with Crippen LogP contribution in [0.4, 0.5) is 0 Å². The fraction of sp³-hybridized carbons (Fsp3) is 0.600. The number of aliphatic hydroxyl groups excluding tert-OH is 1. The number of hydrogen-bond donors (Lipinski definition) is 1. The molecule has 2 aliphatic rings. The number of ether oxygens (including phenoxy) is 1. The average molecular weight is 302 g/mol. The van der Waals surface area contributed by atoms with Crippen LogP contribution < -0.4 is 0 Å². The van der Waals surface area contributed by atoms with E-state index in [2.05, 4.69) is 45.9 Å². The Morgan fingerprint density at radius 3 is 2.45 bits per heavy atom. The zero-order valence-electron chi connectivity index (χ0n) is 14.6. The minimum Gasteiger partial charge on any atom is -0.392 e. The third kappa shape index (κ3) is 3.13. The van der Waals surface area contributed by atoms with Gasteiger partial charge in [-0.3, -0.25) is 0 Å². The normalized spacial score (nSPS) is 35.2. The van der Waals surface area contributed by atoms with E-state index in [1.807, 2.05) is 19.1 Å². The fourth-order valence-corrected chi connectivity index (χ4v) is 3.78. The molecule has 0 radical (unpaired) electrons. The van der Waals surface area contributed by atoms with Crippen LogP contribution in [0.25, 0.3) is 0 Å². The third-order valence-electron chi connectivity index (χ3n) is 5.30. The quantitative estimate of drug-likeness (QED) is 0.588. The molecule has 1 aliphatic carbocycles. The van der Waals surface area contributed by atoms with Crippen molar-refractivity contribution in [3.63, 3.8) is 0 Å². The van der Waals surface area contributed by atoms with Crippen LogP contribution in [0.1, 0.15) is 53.9 Å². The highest BCUT2D eigenvalue weighted by atomic mass is 16.6. The van der Waals surface area contributed by atoms with Crippen molar-refractivity contribution in [3.8, 4) is 0 Å². The molecule has 1 N–H and O–H groups in total. The molecule has 0 unspecified atom stereocenters. The van der Waals surface area contributed by atoms with Crippen LogP contribution in [0.15, 0.2) is 47.6 Å². The Kier molecular flexibility index (Phi) is 4.84. The van der Waals surface area contributed by atoms with Gasteiger partial charge in [0.15, 0.2) is 0 Å². The van der Waals surface area contributed by atoms with Crippen LogP contribution in [-0.2, 0) is 4.74 Å².